The summed E-state index contributed by atoms with van der Waals surface area (Å²) >= 11 is 7.61. The Kier molecular flexibility index (Phi) is 6.10. The van der Waals surface area contributed by atoms with E-state index in [9.17, 15) is 0 Å². The van der Waals surface area contributed by atoms with E-state index in [-0.39, 0.29) is 0 Å². The highest BCUT2D eigenvalue weighted by Gasteiger charge is 2.16. The zero-order valence-electron chi connectivity index (χ0n) is 11.7. The van der Waals surface area contributed by atoms with E-state index in [4.69, 9.17) is 16.3 Å². The molecular weight excluding hydrogens is 280 g/mol. The molecule has 0 radical (unpaired) electrons. The van der Waals surface area contributed by atoms with Crippen LogP contribution in [-0.2, 0) is 11.3 Å². The van der Waals surface area contributed by atoms with Gasteiger partial charge in [-0.15, -0.1) is 11.3 Å². The largest absolute Gasteiger partial charge is 0.377 e. The lowest BCUT2D eigenvalue weighted by Gasteiger charge is -2.25. The Hall–Kier alpha value is -0.130. The molecule has 0 saturated carbocycles. The molecule has 1 aromatic rings. The molecule has 0 spiro atoms. The summed E-state index contributed by atoms with van der Waals surface area (Å²) in [5.74, 6) is 0. The zero-order valence-corrected chi connectivity index (χ0v) is 13.3. The molecule has 0 bridgehead atoms. The maximum atomic E-state index is 5.95. The molecule has 0 amide bonds. The number of thiophene rings is 1. The van der Waals surface area contributed by atoms with Crippen molar-refractivity contribution < 1.29 is 4.74 Å². The van der Waals surface area contributed by atoms with Crippen molar-refractivity contribution in [2.75, 3.05) is 26.7 Å². The highest BCUT2D eigenvalue weighted by Crippen LogP contribution is 2.22. The average molecular weight is 303 g/mol. The Morgan fingerprint density at radius 3 is 3.05 bits per heavy atom. The number of nitrogens with one attached hydrogen (secondary N) is 1. The third-order valence-electron chi connectivity index (χ3n) is 3.62. The fraction of sp³-hybridized carbons (Fsp3) is 0.714. The first-order chi connectivity index (χ1) is 9.15. The number of hydrogen-bond acceptors (Lipinski definition) is 4. The first kappa shape index (κ1) is 15.3. The van der Waals surface area contributed by atoms with Gasteiger partial charge >= 0.3 is 0 Å². The predicted octanol–water partition coefficient (Wildman–Crippen LogP) is 2.99. The highest BCUT2D eigenvalue weighted by molar-refractivity contribution is 7.16. The second-order valence-corrected chi connectivity index (χ2v) is 7.06. The lowest BCUT2D eigenvalue weighted by atomic mass is 10.2. The molecule has 3 nitrogen and oxygen atoms in total. The summed E-state index contributed by atoms with van der Waals surface area (Å²) in [4.78, 5) is 3.67. The smallest absolute Gasteiger partial charge is 0.0931 e. The van der Waals surface area contributed by atoms with Gasteiger partial charge in [0, 0.05) is 37.2 Å². The molecule has 1 saturated heterocycles. The Bertz CT molecular complexity index is 379. The molecule has 1 aromatic heterocycles. The summed E-state index contributed by atoms with van der Waals surface area (Å²) in [6.07, 6.45) is 2.83. The van der Waals surface area contributed by atoms with Crippen LogP contribution in [0.3, 0.4) is 0 Å². The normalized spacial score (nSPS) is 21.2. The fourth-order valence-corrected chi connectivity index (χ4v) is 3.40. The van der Waals surface area contributed by atoms with Crippen LogP contribution in [0.15, 0.2) is 12.1 Å². The highest BCUT2D eigenvalue weighted by atomic mass is 35.5. The summed E-state index contributed by atoms with van der Waals surface area (Å²) in [6, 6.07) is 4.58. The van der Waals surface area contributed by atoms with E-state index in [1.165, 1.54) is 17.7 Å². The number of halogens is 1. The molecule has 19 heavy (non-hydrogen) atoms. The molecule has 0 aliphatic carbocycles. The van der Waals surface area contributed by atoms with Crippen molar-refractivity contribution in [3.05, 3.63) is 21.3 Å². The van der Waals surface area contributed by atoms with Gasteiger partial charge < -0.3 is 10.1 Å². The zero-order chi connectivity index (χ0) is 13.7. The van der Waals surface area contributed by atoms with Gasteiger partial charge in [0.15, 0.2) is 0 Å². The van der Waals surface area contributed by atoms with Crippen molar-refractivity contribution in [3.63, 3.8) is 0 Å². The Labute approximate surface area is 124 Å². The lowest BCUT2D eigenvalue weighted by molar-refractivity contribution is 0.108. The van der Waals surface area contributed by atoms with Crippen molar-refractivity contribution in [1.82, 2.24) is 10.2 Å². The minimum atomic E-state index is 0.425. The molecular formula is C14H23ClN2OS. The van der Waals surface area contributed by atoms with Crippen molar-refractivity contribution >= 4 is 22.9 Å². The van der Waals surface area contributed by atoms with Gasteiger partial charge in [0.2, 0.25) is 0 Å². The molecule has 1 aliphatic heterocycles. The predicted molar refractivity (Wildman–Crippen MR) is 82.1 cm³/mol. The number of likely N-dealkylation sites (N-methyl/N-ethyl adjacent to an activating group) is 1. The quantitative estimate of drug-likeness (QED) is 0.838. The first-order valence-electron chi connectivity index (χ1n) is 6.92. The van der Waals surface area contributed by atoms with Crippen LogP contribution in [-0.4, -0.2) is 43.8 Å². The minimum absolute atomic E-state index is 0.425. The molecule has 2 atom stereocenters. The fourth-order valence-electron chi connectivity index (χ4n) is 2.25. The van der Waals surface area contributed by atoms with Crippen LogP contribution in [0.2, 0.25) is 4.34 Å². The van der Waals surface area contributed by atoms with Gasteiger partial charge in [-0.05, 0) is 38.9 Å². The lowest BCUT2D eigenvalue weighted by Crippen LogP contribution is -2.39. The van der Waals surface area contributed by atoms with Crippen LogP contribution >= 0.6 is 22.9 Å². The Morgan fingerprint density at radius 2 is 2.42 bits per heavy atom. The van der Waals surface area contributed by atoms with Crippen LogP contribution < -0.4 is 5.32 Å². The molecule has 2 rings (SSSR count). The average Bonchev–Trinajstić information content (AvgIpc) is 3.01. The molecule has 1 N–H and O–H groups in total. The van der Waals surface area contributed by atoms with Crippen molar-refractivity contribution in [2.24, 2.45) is 0 Å². The van der Waals surface area contributed by atoms with Crippen LogP contribution in [0.4, 0.5) is 0 Å². The van der Waals surface area contributed by atoms with Gasteiger partial charge in [0.1, 0.15) is 0 Å². The van der Waals surface area contributed by atoms with Gasteiger partial charge in [-0.25, -0.2) is 0 Å². The number of ether oxygens (including phenoxy) is 1. The summed E-state index contributed by atoms with van der Waals surface area (Å²) in [6.45, 7) is 6.11. The van der Waals surface area contributed by atoms with E-state index >= 15 is 0 Å². The molecule has 1 fully saturated rings. The van der Waals surface area contributed by atoms with Gasteiger partial charge in [0.05, 0.1) is 10.4 Å². The van der Waals surface area contributed by atoms with E-state index in [1.54, 1.807) is 11.3 Å². The molecule has 1 aliphatic rings. The second kappa shape index (κ2) is 7.60. The second-order valence-electron chi connectivity index (χ2n) is 5.26. The Morgan fingerprint density at radius 1 is 1.58 bits per heavy atom. The SMILES string of the molecule is CC(CNCC1CCCO1)N(C)Cc1ccc(Cl)s1. The molecule has 2 heterocycles. The summed E-state index contributed by atoms with van der Waals surface area (Å²) in [7, 11) is 2.16. The van der Waals surface area contributed by atoms with E-state index in [1.807, 2.05) is 6.07 Å². The Balaban J connectivity index is 1.65. The van der Waals surface area contributed by atoms with Crippen LogP contribution in [0.5, 0.6) is 0 Å². The van der Waals surface area contributed by atoms with Crippen molar-refractivity contribution in [3.8, 4) is 0 Å². The van der Waals surface area contributed by atoms with Gasteiger partial charge in [0.25, 0.3) is 0 Å². The van der Waals surface area contributed by atoms with Crippen molar-refractivity contribution in [2.45, 2.75) is 38.5 Å². The van der Waals surface area contributed by atoms with Gasteiger partial charge in [-0.1, -0.05) is 11.6 Å². The van der Waals surface area contributed by atoms with Crippen molar-refractivity contribution in [1.29, 1.82) is 0 Å². The number of hydrogen-bond donors (Lipinski definition) is 1. The van der Waals surface area contributed by atoms with E-state index in [2.05, 4.69) is 30.3 Å². The summed E-state index contributed by atoms with van der Waals surface area (Å²) in [5, 5.41) is 3.51. The summed E-state index contributed by atoms with van der Waals surface area (Å²) < 4.78 is 6.47. The maximum absolute atomic E-state index is 5.95. The monoisotopic (exact) mass is 302 g/mol. The van der Waals surface area contributed by atoms with E-state index in [0.717, 1.165) is 30.6 Å². The van der Waals surface area contributed by atoms with Gasteiger partial charge in [-0.2, -0.15) is 0 Å². The van der Waals surface area contributed by atoms with Crippen LogP contribution in [0, 0.1) is 0 Å². The van der Waals surface area contributed by atoms with Crippen LogP contribution in [0.25, 0.3) is 0 Å². The van der Waals surface area contributed by atoms with E-state index < -0.39 is 0 Å². The molecule has 108 valence electrons. The van der Waals surface area contributed by atoms with Gasteiger partial charge in [-0.3, -0.25) is 4.90 Å². The molecule has 0 aromatic carbocycles. The third-order valence-corrected chi connectivity index (χ3v) is 4.84. The maximum Gasteiger partial charge on any atom is 0.0931 e. The van der Waals surface area contributed by atoms with E-state index in [0.29, 0.717) is 12.1 Å². The molecule has 2 unspecified atom stereocenters. The molecule has 5 heteroatoms. The third kappa shape index (κ3) is 5.04. The summed E-state index contributed by atoms with van der Waals surface area (Å²) in [5.41, 5.74) is 0. The standard InChI is InChI=1S/C14H23ClN2OS/c1-11(8-16-9-12-4-3-7-18-12)17(2)10-13-5-6-14(15)19-13/h5-6,11-12,16H,3-4,7-10H2,1-2H3. The number of rotatable bonds is 7. The minimum Gasteiger partial charge on any atom is -0.377 e. The van der Waals surface area contributed by atoms with Crippen LogP contribution in [0.1, 0.15) is 24.6 Å². The topological polar surface area (TPSA) is 24.5 Å². The number of nitrogens with zero attached hydrogens (tertiary/aromatic N) is 1. The first-order valence-corrected chi connectivity index (χ1v) is 8.11.